The molecule has 3 aromatic rings. The first kappa shape index (κ1) is 23.1. The van der Waals surface area contributed by atoms with Crippen molar-refractivity contribution in [1.29, 1.82) is 0 Å². The number of hydrogen-bond acceptors (Lipinski definition) is 6. The number of unbranched alkanes of at least 4 members (excludes halogenated alkanes) is 1. The van der Waals surface area contributed by atoms with E-state index in [-0.39, 0.29) is 24.4 Å². The monoisotopic (exact) mass is 451 g/mol. The van der Waals surface area contributed by atoms with Gasteiger partial charge in [0.25, 0.3) is 5.91 Å². The minimum Gasteiger partial charge on any atom is -0.343 e. The number of aromatic nitrogens is 3. The van der Waals surface area contributed by atoms with Crippen LogP contribution in [0.2, 0.25) is 5.02 Å². The van der Waals surface area contributed by atoms with Gasteiger partial charge in [-0.3, -0.25) is 9.78 Å². The third-order valence-electron chi connectivity index (χ3n) is 4.22. The largest absolute Gasteiger partial charge is 0.343 e. The molecule has 3 rings (SSSR count). The molecule has 0 aliphatic rings. The maximum atomic E-state index is 12.4. The molecule has 0 saturated heterocycles. The van der Waals surface area contributed by atoms with E-state index in [0.29, 0.717) is 15.8 Å². The van der Waals surface area contributed by atoms with Crippen molar-refractivity contribution in [3.05, 3.63) is 63.5 Å². The van der Waals surface area contributed by atoms with Gasteiger partial charge in [0.2, 0.25) is 0 Å². The first-order valence-corrected chi connectivity index (χ1v) is 10.4. The van der Waals surface area contributed by atoms with Gasteiger partial charge in [-0.1, -0.05) is 31.4 Å². The van der Waals surface area contributed by atoms with Crippen molar-refractivity contribution in [3.8, 4) is 0 Å². The van der Waals surface area contributed by atoms with Gasteiger partial charge in [-0.05, 0) is 37.1 Å². The van der Waals surface area contributed by atoms with Gasteiger partial charge in [0.1, 0.15) is 5.82 Å². The molecule has 1 amide bonds. The lowest BCUT2D eigenvalue weighted by atomic mass is 10.0. The van der Waals surface area contributed by atoms with Crippen LogP contribution in [-0.4, -0.2) is 20.9 Å². The highest BCUT2D eigenvalue weighted by Crippen LogP contribution is 2.28. The molecule has 0 aliphatic heterocycles. The number of nitrogens with one attached hydrogen (secondary N) is 2. The SMILES string of the molecule is CCCC[C@@H](NC(=O)c1nccs1)c1cnc(Nc2ccc(C)nc2)c(Cl)c1.Cl. The molecule has 3 heterocycles. The van der Waals surface area contributed by atoms with Crippen LogP contribution in [0.15, 0.2) is 42.2 Å². The zero-order valence-electron chi connectivity index (χ0n) is 16.2. The highest BCUT2D eigenvalue weighted by molar-refractivity contribution is 7.11. The number of carbonyl (C=O) groups excluding carboxylic acids is 1. The number of pyridine rings is 2. The summed E-state index contributed by atoms with van der Waals surface area (Å²) in [4.78, 5) is 25.2. The number of thiazole rings is 1. The number of carbonyl (C=O) groups is 1. The average molecular weight is 452 g/mol. The van der Waals surface area contributed by atoms with E-state index in [0.717, 1.165) is 36.2 Å². The van der Waals surface area contributed by atoms with E-state index in [1.54, 1.807) is 24.0 Å². The maximum Gasteiger partial charge on any atom is 0.280 e. The summed E-state index contributed by atoms with van der Waals surface area (Å²) in [5.74, 6) is 0.372. The Bertz CT molecular complexity index is 919. The van der Waals surface area contributed by atoms with Crippen LogP contribution in [0.1, 0.15) is 53.3 Å². The summed E-state index contributed by atoms with van der Waals surface area (Å²) in [6, 6.07) is 5.52. The molecule has 3 aromatic heterocycles. The zero-order chi connectivity index (χ0) is 19.9. The molecule has 0 aliphatic carbocycles. The fourth-order valence-electron chi connectivity index (χ4n) is 2.70. The third kappa shape index (κ3) is 6.39. The van der Waals surface area contributed by atoms with Crippen LogP contribution in [0.25, 0.3) is 0 Å². The van der Waals surface area contributed by atoms with Crippen molar-refractivity contribution < 1.29 is 4.79 Å². The molecule has 0 saturated carbocycles. The Kier molecular flexibility index (Phi) is 8.82. The summed E-state index contributed by atoms with van der Waals surface area (Å²) in [5.41, 5.74) is 2.62. The second-order valence-electron chi connectivity index (χ2n) is 6.42. The lowest BCUT2D eigenvalue weighted by molar-refractivity contribution is 0.0933. The summed E-state index contributed by atoms with van der Waals surface area (Å²) in [6.45, 7) is 4.05. The summed E-state index contributed by atoms with van der Waals surface area (Å²) in [7, 11) is 0. The number of anilines is 2. The van der Waals surface area contributed by atoms with Gasteiger partial charge < -0.3 is 10.6 Å². The van der Waals surface area contributed by atoms with E-state index in [4.69, 9.17) is 11.6 Å². The quantitative estimate of drug-likeness (QED) is 0.457. The lowest BCUT2D eigenvalue weighted by Gasteiger charge is -2.19. The number of aryl methyl sites for hydroxylation is 1. The Hall–Kier alpha value is -2.22. The number of nitrogens with zero attached hydrogens (tertiary/aromatic N) is 3. The van der Waals surface area contributed by atoms with Gasteiger partial charge in [0.15, 0.2) is 5.01 Å². The van der Waals surface area contributed by atoms with Crippen molar-refractivity contribution in [3.63, 3.8) is 0 Å². The first-order chi connectivity index (χ1) is 13.6. The second-order valence-corrected chi connectivity index (χ2v) is 7.72. The Labute approximate surface area is 185 Å². The molecule has 0 unspecified atom stereocenters. The van der Waals surface area contributed by atoms with E-state index in [1.807, 2.05) is 25.1 Å². The van der Waals surface area contributed by atoms with E-state index >= 15 is 0 Å². The molecular formula is C20H23Cl2N5OS. The molecule has 0 fully saturated rings. The van der Waals surface area contributed by atoms with Gasteiger partial charge in [-0.15, -0.1) is 23.7 Å². The molecule has 0 bridgehead atoms. The Morgan fingerprint density at radius 3 is 2.69 bits per heavy atom. The number of amides is 1. The predicted molar refractivity (Wildman–Crippen MR) is 121 cm³/mol. The third-order valence-corrected chi connectivity index (χ3v) is 5.28. The number of hydrogen-bond donors (Lipinski definition) is 2. The molecule has 6 nitrogen and oxygen atoms in total. The van der Waals surface area contributed by atoms with Crippen molar-refractivity contribution in [2.75, 3.05) is 5.32 Å². The second kappa shape index (κ2) is 11.1. The molecule has 0 spiro atoms. The van der Waals surface area contributed by atoms with Gasteiger partial charge in [0, 0.05) is 23.5 Å². The summed E-state index contributed by atoms with van der Waals surface area (Å²) in [5, 5.41) is 8.95. The Morgan fingerprint density at radius 2 is 2.07 bits per heavy atom. The summed E-state index contributed by atoms with van der Waals surface area (Å²) >= 11 is 7.78. The Morgan fingerprint density at radius 1 is 1.24 bits per heavy atom. The van der Waals surface area contributed by atoms with Crippen LogP contribution in [0.5, 0.6) is 0 Å². The predicted octanol–water partition coefficient (Wildman–Crippen LogP) is 5.72. The molecule has 9 heteroatoms. The van der Waals surface area contributed by atoms with Gasteiger partial charge >= 0.3 is 0 Å². The Balaban J connectivity index is 0.00000300. The summed E-state index contributed by atoms with van der Waals surface area (Å²) < 4.78 is 0. The van der Waals surface area contributed by atoms with Gasteiger partial charge in [-0.2, -0.15) is 0 Å². The van der Waals surface area contributed by atoms with Crippen LogP contribution in [0.4, 0.5) is 11.5 Å². The maximum absolute atomic E-state index is 12.4. The van der Waals surface area contributed by atoms with Crippen LogP contribution >= 0.6 is 35.3 Å². The van der Waals surface area contributed by atoms with Crippen LogP contribution in [0.3, 0.4) is 0 Å². The number of rotatable bonds is 8. The van der Waals surface area contributed by atoms with E-state index < -0.39 is 0 Å². The van der Waals surface area contributed by atoms with E-state index in [2.05, 4.69) is 32.5 Å². The van der Waals surface area contributed by atoms with Crippen molar-refractivity contribution in [2.24, 2.45) is 0 Å². The van der Waals surface area contributed by atoms with E-state index in [9.17, 15) is 4.79 Å². The molecule has 0 radical (unpaired) electrons. The minimum absolute atomic E-state index is 0. The molecule has 154 valence electrons. The lowest BCUT2D eigenvalue weighted by Crippen LogP contribution is -2.28. The van der Waals surface area contributed by atoms with Crippen LogP contribution < -0.4 is 10.6 Å². The molecule has 2 N–H and O–H groups in total. The number of halogens is 2. The fraction of sp³-hybridized carbons (Fsp3) is 0.300. The highest BCUT2D eigenvalue weighted by atomic mass is 35.5. The van der Waals surface area contributed by atoms with Gasteiger partial charge in [0.05, 0.1) is 22.9 Å². The van der Waals surface area contributed by atoms with Crippen molar-refractivity contribution in [2.45, 2.75) is 39.2 Å². The fourth-order valence-corrected chi connectivity index (χ4v) is 3.46. The molecular weight excluding hydrogens is 429 g/mol. The zero-order valence-corrected chi connectivity index (χ0v) is 18.6. The first-order valence-electron chi connectivity index (χ1n) is 9.12. The standard InChI is InChI=1S/C20H22ClN5OS.ClH/c1-3-4-5-17(26-19(27)20-22-8-9-28-20)14-10-16(21)18(24-11-14)25-15-7-6-13(2)23-12-15;/h6-12,17H,3-5H2,1-2H3,(H,24,25)(H,26,27);1H/t17-;/m1./s1. The summed E-state index contributed by atoms with van der Waals surface area (Å²) in [6.07, 6.45) is 7.93. The normalized spacial score (nSPS) is 11.4. The smallest absolute Gasteiger partial charge is 0.280 e. The topological polar surface area (TPSA) is 79.8 Å². The molecule has 1 atom stereocenters. The van der Waals surface area contributed by atoms with Crippen LogP contribution in [-0.2, 0) is 0 Å². The van der Waals surface area contributed by atoms with Crippen LogP contribution in [0, 0.1) is 6.92 Å². The van der Waals surface area contributed by atoms with Crippen molar-refractivity contribution in [1.82, 2.24) is 20.3 Å². The van der Waals surface area contributed by atoms with Crippen molar-refractivity contribution >= 4 is 52.8 Å². The minimum atomic E-state index is -0.180. The van der Waals surface area contributed by atoms with Gasteiger partial charge in [-0.25, -0.2) is 9.97 Å². The van der Waals surface area contributed by atoms with E-state index in [1.165, 1.54) is 11.3 Å². The average Bonchev–Trinajstić information content (AvgIpc) is 3.23. The molecule has 29 heavy (non-hydrogen) atoms. The molecule has 0 aromatic carbocycles. The highest BCUT2D eigenvalue weighted by Gasteiger charge is 2.18.